The molecule has 1 N–H and O–H groups in total. The van der Waals surface area contributed by atoms with E-state index in [2.05, 4.69) is 5.32 Å². The highest BCUT2D eigenvalue weighted by molar-refractivity contribution is 7.92. The lowest BCUT2D eigenvalue weighted by Crippen LogP contribution is -2.53. The molecule has 10 nitrogen and oxygen atoms in total. The monoisotopic (exact) mass is 549 g/mol. The van der Waals surface area contributed by atoms with Crippen LogP contribution in [0.15, 0.2) is 42.5 Å². The van der Waals surface area contributed by atoms with E-state index < -0.39 is 28.5 Å². The molecule has 0 saturated heterocycles. The first-order chi connectivity index (χ1) is 18.0. The Kier molecular flexibility index (Phi) is 11.2. The van der Waals surface area contributed by atoms with Crippen molar-refractivity contribution >= 4 is 27.5 Å². The van der Waals surface area contributed by atoms with E-state index in [9.17, 15) is 18.0 Å². The van der Waals surface area contributed by atoms with E-state index in [0.717, 1.165) is 22.5 Å². The van der Waals surface area contributed by atoms with Gasteiger partial charge in [0, 0.05) is 18.7 Å². The van der Waals surface area contributed by atoms with E-state index in [4.69, 9.17) is 14.2 Å². The fourth-order valence-corrected chi connectivity index (χ4v) is 4.76. The van der Waals surface area contributed by atoms with E-state index in [1.165, 1.54) is 31.3 Å². The smallest absolute Gasteiger partial charge is 0.244 e. The number of nitrogens with one attached hydrogen (secondary N) is 1. The molecule has 0 aliphatic heterocycles. The molecule has 2 rings (SSSR count). The van der Waals surface area contributed by atoms with Gasteiger partial charge in [-0.3, -0.25) is 13.9 Å². The second kappa shape index (κ2) is 13.9. The normalized spacial score (nSPS) is 12.7. The SMILES string of the molecule is CC[C@H](C)NC(=O)[C@H](CC)N(Cc1cccc(OC)c1)C(=O)CN(c1ccc(OC)c(OC)c1)S(C)(=O)=O. The summed E-state index contributed by atoms with van der Waals surface area (Å²) in [4.78, 5) is 28.5. The topological polar surface area (TPSA) is 114 Å². The summed E-state index contributed by atoms with van der Waals surface area (Å²) in [7, 11) is 0.577. The van der Waals surface area contributed by atoms with E-state index in [1.54, 1.807) is 31.4 Å². The van der Waals surface area contributed by atoms with Gasteiger partial charge in [0.15, 0.2) is 11.5 Å². The summed E-state index contributed by atoms with van der Waals surface area (Å²) in [6.07, 6.45) is 2.09. The summed E-state index contributed by atoms with van der Waals surface area (Å²) >= 11 is 0. The minimum Gasteiger partial charge on any atom is -0.497 e. The van der Waals surface area contributed by atoms with E-state index in [0.29, 0.717) is 23.7 Å². The van der Waals surface area contributed by atoms with Crippen LogP contribution in [0.1, 0.15) is 39.2 Å². The lowest BCUT2D eigenvalue weighted by molar-refractivity contribution is -0.140. The average Bonchev–Trinajstić information content (AvgIpc) is 2.90. The Hall–Kier alpha value is -3.47. The van der Waals surface area contributed by atoms with Crippen molar-refractivity contribution in [2.24, 2.45) is 0 Å². The molecule has 0 saturated carbocycles. The van der Waals surface area contributed by atoms with Crippen LogP contribution in [-0.4, -0.2) is 71.3 Å². The number of anilines is 1. The number of hydrogen-bond acceptors (Lipinski definition) is 7. The highest BCUT2D eigenvalue weighted by atomic mass is 32.2. The summed E-state index contributed by atoms with van der Waals surface area (Å²) < 4.78 is 42.5. The van der Waals surface area contributed by atoms with Crippen LogP contribution in [0.2, 0.25) is 0 Å². The average molecular weight is 550 g/mol. The number of carbonyl (C=O) groups excluding carboxylic acids is 2. The molecule has 210 valence electrons. The number of ether oxygens (including phenoxy) is 3. The fraction of sp³-hybridized carbons (Fsp3) is 0.481. The van der Waals surface area contributed by atoms with Gasteiger partial charge in [-0.2, -0.15) is 0 Å². The molecule has 0 aromatic heterocycles. The Morgan fingerprint density at radius 1 is 0.947 bits per heavy atom. The Labute approximate surface area is 225 Å². The summed E-state index contributed by atoms with van der Waals surface area (Å²) in [6.45, 7) is 5.24. The van der Waals surface area contributed by atoms with Gasteiger partial charge in [-0.05, 0) is 49.6 Å². The molecule has 0 radical (unpaired) electrons. The van der Waals surface area contributed by atoms with Gasteiger partial charge in [0.2, 0.25) is 21.8 Å². The van der Waals surface area contributed by atoms with Gasteiger partial charge in [0.25, 0.3) is 0 Å². The first-order valence-electron chi connectivity index (χ1n) is 12.4. The molecule has 0 fully saturated rings. The van der Waals surface area contributed by atoms with Gasteiger partial charge in [-0.15, -0.1) is 0 Å². The van der Waals surface area contributed by atoms with Gasteiger partial charge in [0.1, 0.15) is 18.3 Å². The summed E-state index contributed by atoms with van der Waals surface area (Å²) in [5.74, 6) is 0.520. The number of sulfonamides is 1. The number of rotatable bonds is 14. The molecule has 38 heavy (non-hydrogen) atoms. The molecular formula is C27H39N3O7S. The Morgan fingerprint density at radius 2 is 1.63 bits per heavy atom. The summed E-state index contributed by atoms with van der Waals surface area (Å²) in [6, 6.07) is 10.9. The lowest BCUT2D eigenvalue weighted by Gasteiger charge is -2.33. The van der Waals surface area contributed by atoms with Crippen molar-refractivity contribution in [1.29, 1.82) is 0 Å². The minimum atomic E-state index is -3.88. The van der Waals surface area contributed by atoms with Crippen molar-refractivity contribution in [1.82, 2.24) is 10.2 Å². The van der Waals surface area contributed by atoms with Crippen molar-refractivity contribution in [3.05, 3.63) is 48.0 Å². The van der Waals surface area contributed by atoms with Crippen molar-refractivity contribution in [2.75, 3.05) is 38.4 Å². The number of carbonyl (C=O) groups is 2. The largest absolute Gasteiger partial charge is 0.497 e. The standard InChI is InChI=1S/C27H39N3O7S/c1-8-19(3)28-27(32)23(9-2)29(17-20-11-10-12-22(15-20)35-4)26(31)18-30(38(7,33)34)21-13-14-24(36-5)25(16-21)37-6/h10-16,19,23H,8-9,17-18H2,1-7H3,(H,28,32)/t19-,23-/m0/s1. The Bertz CT molecular complexity index is 1200. The van der Waals surface area contributed by atoms with Gasteiger partial charge < -0.3 is 24.4 Å². The third kappa shape index (κ3) is 8.01. The van der Waals surface area contributed by atoms with Crippen LogP contribution >= 0.6 is 0 Å². The minimum absolute atomic E-state index is 0.0791. The van der Waals surface area contributed by atoms with Crippen molar-refractivity contribution in [3.8, 4) is 17.2 Å². The number of amides is 2. The van der Waals surface area contributed by atoms with Crippen LogP contribution < -0.4 is 23.8 Å². The lowest BCUT2D eigenvalue weighted by atomic mass is 10.1. The Balaban J connectivity index is 2.50. The van der Waals surface area contributed by atoms with Gasteiger partial charge in [-0.1, -0.05) is 26.0 Å². The van der Waals surface area contributed by atoms with Crippen LogP contribution in [0.5, 0.6) is 17.2 Å². The molecule has 2 amide bonds. The molecule has 2 aromatic rings. The van der Waals surface area contributed by atoms with Crippen LogP contribution in [0, 0.1) is 0 Å². The van der Waals surface area contributed by atoms with E-state index in [1.807, 2.05) is 26.8 Å². The molecule has 0 aliphatic carbocycles. The number of methoxy groups -OCH3 is 3. The molecule has 0 heterocycles. The molecule has 2 aromatic carbocycles. The molecule has 0 aliphatic rings. The van der Waals surface area contributed by atoms with Crippen LogP contribution in [0.3, 0.4) is 0 Å². The molecule has 11 heteroatoms. The second-order valence-corrected chi connectivity index (χ2v) is 10.8. The van der Waals surface area contributed by atoms with Crippen molar-refractivity contribution in [3.63, 3.8) is 0 Å². The molecule has 2 atom stereocenters. The highest BCUT2D eigenvalue weighted by Gasteiger charge is 2.32. The third-order valence-electron chi connectivity index (χ3n) is 6.21. The molecular weight excluding hydrogens is 510 g/mol. The zero-order valence-corrected chi connectivity index (χ0v) is 24.0. The number of benzene rings is 2. The summed E-state index contributed by atoms with van der Waals surface area (Å²) in [5, 5.41) is 2.95. The van der Waals surface area contributed by atoms with Crippen molar-refractivity contribution in [2.45, 2.75) is 52.2 Å². The predicted octanol–water partition coefficient (Wildman–Crippen LogP) is 3.20. The zero-order valence-electron chi connectivity index (χ0n) is 23.2. The van der Waals surface area contributed by atoms with Gasteiger partial charge >= 0.3 is 0 Å². The maximum Gasteiger partial charge on any atom is 0.244 e. The maximum absolute atomic E-state index is 13.8. The highest BCUT2D eigenvalue weighted by Crippen LogP contribution is 2.32. The van der Waals surface area contributed by atoms with E-state index in [-0.39, 0.29) is 24.2 Å². The maximum atomic E-state index is 13.8. The first kappa shape index (κ1) is 30.8. The molecule has 0 bridgehead atoms. The quantitative estimate of drug-likeness (QED) is 0.385. The van der Waals surface area contributed by atoms with Crippen molar-refractivity contribution < 1.29 is 32.2 Å². The third-order valence-corrected chi connectivity index (χ3v) is 7.35. The van der Waals surface area contributed by atoms with E-state index >= 15 is 0 Å². The Morgan fingerprint density at radius 3 is 2.18 bits per heavy atom. The summed E-state index contributed by atoms with van der Waals surface area (Å²) in [5.41, 5.74) is 0.974. The zero-order chi connectivity index (χ0) is 28.5. The predicted molar refractivity (Wildman–Crippen MR) is 147 cm³/mol. The molecule has 0 unspecified atom stereocenters. The number of nitrogens with zero attached hydrogens (tertiary/aromatic N) is 2. The van der Waals surface area contributed by atoms with Gasteiger partial charge in [-0.25, -0.2) is 8.42 Å². The van der Waals surface area contributed by atoms with Crippen LogP contribution in [-0.2, 0) is 26.2 Å². The van der Waals surface area contributed by atoms with Crippen LogP contribution in [0.25, 0.3) is 0 Å². The first-order valence-corrected chi connectivity index (χ1v) is 14.3. The number of hydrogen-bond donors (Lipinski definition) is 1. The molecule has 0 spiro atoms. The van der Waals surface area contributed by atoms with Crippen LogP contribution in [0.4, 0.5) is 5.69 Å². The fourth-order valence-electron chi connectivity index (χ4n) is 3.92. The second-order valence-electron chi connectivity index (χ2n) is 8.92. The van der Waals surface area contributed by atoms with Gasteiger partial charge in [0.05, 0.1) is 33.3 Å².